The third kappa shape index (κ3) is 6.27. The summed E-state index contributed by atoms with van der Waals surface area (Å²) in [4.78, 5) is 0. The highest BCUT2D eigenvalue weighted by Crippen LogP contribution is 2.26. The maximum absolute atomic E-state index is 10.6. The third-order valence-electron chi connectivity index (χ3n) is 0.790. The minimum atomic E-state index is -2.21. The van der Waals surface area contributed by atoms with Crippen LogP contribution in [0.4, 0.5) is 0 Å². The van der Waals surface area contributed by atoms with Crippen LogP contribution in [0.1, 0.15) is 20.8 Å². The van der Waals surface area contributed by atoms with Gasteiger partial charge in [0.25, 0.3) is 0 Å². The molecule has 0 saturated carbocycles. The van der Waals surface area contributed by atoms with E-state index < -0.39 is 8.25 Å². The molecule has 10 heavy (non-hydrogen) atoms. The van der Waals surface area contributed by atoms with Crippen molar-refractivity contribution >= 4 is 8.25 Å². The molecule has 0 bridgehead atoms. The molecule has 3 nitrogen and oxygen atoms in total. The SMILES string of the molecule is CO[PH](=O)OCC(C)(C)C. The predicted molar refractivity (Wildman–Crippen MR) is 41.4 cm³/mol. The van der Waals surface area contributed by atoms with Crippen LogP contribution < -0.4 is 0 Å². The van der Waals surface area contributed by atoms with E-state index in [1.54, 1.807) is 0 Å². The molecule has 0 spiro atoms. The van der Waals surface area contributed by atoms with E-state index in [4.69, 9.17) is 4.52 Å². The molecule has 0 amide bonds. The van der Waals surface area contributed by atoms with Gasteiger partial charge in [0.2, 0.25) is 0 Å². The Bertz CT molecular complexity index is 117. The quantitative estimate of drug-likeness (QED) is 0.602. The van der Waals surface area contributed by atoms with E-state index in [2.05, 4.69) is 4.52 Å². The van der Waals surface area contributed by atoms with E-state index in [1.807, 2.05) is 20.8 Å². The molecule has 0 rings (SSSR count). The van der Waals surface area contributed by atoms with Crippen LogP contribution in [0.5, 0.6) is 0 Å². The van der Waals surface area contributed by atoms with E-state index in [1.165, 1.54) is 7.11 Å². The van der Waals surface area contributed by atoms with Crippen molar-refractivity contribution in [3.8, 4) is 0 Å². The van der Waals surface area contributed by atoms with Gasteiger partial charge in [-0.2, -0.15) is 0 Å². The molecule has 0 aliphatic carbocycles. The van der Waals surface area contributed by atoms with Crippen molar-refractivity contribution in [3.63, 3.8) is 0 Å². The molecule has 62 valence electrons. The molecule has 1 atom stereocenters. The summed E-state index contributed by atoms with van der Waals surface area (Å²) in [7, 11) is -0.833. The van der Waals surface area contributed by atoms with E-state index in [-0.39, 0.29) is 5.41 Å². The lowest BCUT2D eigenvalue weighted by atomic mass is 9.99. The molecule has 0 aromatic carbocycles. The molecule has 0 aliphatic rings. The van der Waals surface area contributed by atoms with Crippen LogP contribution >= 0.6 is 8.25 Å². The normalized spacial score (nSPS) is 15.2. The summed E-state index contributed by atoms with van der Waals surface area (Å²) in [6, 6.07) is 0. The van der Waals surface area contributed by atoms with Crippen LogP contribution in [-0.2, 0) is 13.6 Å². The van der Waals surface area contributed by atoms with E-state index in [0.717, 1.165) is 0 Å². The third-order valence-corrected chi connectivity index (χ3v) is 1.50. The zero-order valence-electron chi connectivity index (χ0n) is 6.93. The van der Waals surface area contributed by atoms with Crippen molar-refractivity contribution in [2.45, 2.75) is 20.8 Å². The average molecular weight is 166 g/mol. The van der Waals surface area contributed by atoms with Gasteiger partial charge in [0.05, 0.1) is 6.61 Å². The van der Waals surface area contributed by atoms with Crippen LogP contribution in [0, 0.1) is 5.41 Å². The van der Waals surface area contributed by atoms with Crippen molar-refractivity contribution < 1.29 is 13.6 Å². The molecule has 0 N–H and O–H groups in total. The Kier molecular flexibility index (Phi) is 4.18. The highest BCUT2D eigenvalue weighted by molar-refractivity contribution is 7.33. The molecule has 0 aromatic heterocycles. The summed E-state index contributed by atoms with van der Waals surface area (Å²) in [5.74, 6) is 0. The summed E-state index contributed by atoms with van der Waals surface area (Å²) >= 11 is 0. The first-order chi connectivity index (χ1) is 4.45. The molecule has 0 aromatic rings. The Balaban J connectivity index is 3.46. The summed E-state index contributed by atoms with van der Waals surface area (Å²) in [6.07, 6.45) is 0. The highest BCUT2D eigenvalue weighted by Gasteiger charge is 2.11. The molecule has 4 heteroatoms. The molecule has 0 radical (unpaired) electrons. The Hall–Kier alpha value is 0.150. The van der Waals surface area contributed by atoms with E-state index >= 15 is 0 Å². The van der Waals surface area contributed by atoms with Crippen LogP contribution in [0.3, 0.4) is 0 Å². The number of hydrogen-bond acceptors (Lipinski definition) is 3. The maximum Gasteiger partial charge on any atom is 0.318 e. The fourth-order valence-electron chi connectivity index (χ4n) is 0.334. The molecule has 0 heterocycles. The summed E-state index contributed by atoms with van der Waals surface area (Å²) < 4.78 is 19.9. The second-order valence-electron chi connectivity index (χ2n) is 3.30. The van der Waals surface area contributed by atoms with Gasteiger partial charge in [-0.25, -0.2) is 0 Å². The molecular weight excluding hydrogens is 151 g/mol. The Morgan fingerprint density at radius 2 is 1.90 bits per heavy atom. The Labute approximate surface area is 62.7 Å². The first-order valence-corrected chi connectivity index (χ1v) is 4.39. The van der Waals surface area contributed by atoms with Crippen molar-refractivity contribution in [2.24, 2.45) is 5.41 Å². The predicted octanol–water partition coefficient (Wildman–Crippen LogP) is 2.09. The van der Waals surface area contributed by atoms with Crippen LogP contribution in [0.15, 0.2) is 0 Å². The van der Waals surface area contributed by atoms with Gasteiger partial charge >= 0.3 is 8.25 Å². The first kappa shape index (κ1) is 10.2. The average Bonchev–Trinajstić information content (AvgIpc) is 1.81. The van der Waals surface area contributed by atoms with Crippen molar-refractivity contribution in [2.75, 3.05) is 13.7 Å². The van der Waals surface area contributed by atoms with E-state index in [0.29, 0.717) is 6.61 Å². The Morgan fingerprint density at radius 1 is 1.40 bits per heavy atom. The van der Waals surface area contributed by atoms with Gasteiger partial charge in [-0.1, -0.05) is 20.8 Å². The number of rotatable bonds is 3. The Morgan fingerprint density at radius 3 is 2.20 bits per heavy atom. The smallest absolute Gasteiger partial charge is 0.314 e. The summed E-state index contributed by atoms with van der Waals surface area (Å²) in [5, 5.41) is 0. The van der Waals surface area contributed by atoms with Crippen molar-refractivity contribution in [1.29, 1.82) is 0 Å². The van der Waals surface area contributed by atoms with Gasteiger partial charge in [-0.3, -0.25) is 4.57 Å². The molecule has 1 unspecified atom stereocenters. The van der Waals surface area contributed by atoms with Gasteiger partial charge in [0, 0.05) is 7.11 Å². The van der Waals surface area contributed by atoms with Gasteiger partial charge < -0.3 is 9.05 Å². The molecule has 0 aliphatic heterocycles. The standard InChI is InChI=1S/C6H15O3P/c1-6(2,3)5-9-10(7)8-4/h10H,5H2,1-4H3. The van der Waals surface area contributed by atoms with Crippen molar-refractivity contribution in [3.05, 3.63) is 0 Å². The molecular formula is C6H15O3P. The van der Waals surface area contributed by atoms with Gasteiger partial charge in [-0.15, -0.1) is 0 Å². The summed E-state index contributed by atoms with van der Waals surface area (Å²) in [5.41, 5.74) is 0.0544. The molecule has 0 fully saturated rings. The minimum absolute atomic E-state index is 0.0544. The summed E-state index contributed by atoms with van der Waals surface area (Å²) in [6.45, 7) is 6.51. The zero-order chi connectivity index (χ0) is 8.20. The zero-order valence-corrected chi connectivity index (χ0v) is 7.93. The lowest BCUT2D eigenvalue weighted by molar-refractivity contribution is 0.177. The van der Waals surface area contributed by atoms with Crippen molar-refractivity contribution in [1.82, 2.24) is 0 Å². The van der Waals surface area contributed by atoms with Gasteiger partial charge in [0.1, 0.15) is 0 Å². The first-order valence-electron chi connectivity index (χ1n) is 3.16. The van der Waals surface area contributed by atoms with E-state index in [9.17, 15) is 4.57 Å². The van der Waals surface area contributed by atoms with Gasteiger partial charge in [-0.05, 0) is 5.41 Å². The largest absolute Gasteiger partial charge is 0.318 e. The lowest BCUT2D eigenvalue weighted by Crippen LogP contribution is -2.11. The van der Waals surface area contributed by atoms with Crippen LogP contribution in [0.2, 0.25) is 0 Å². The fourth-order valence-corrected chi connectivity index (χ4v) is 1.00. The maximum atomic E-state index is 10.6. The lowest BCUT2D eigenvalue weighted by Gasteiger charge is -2.16. The highest BCUT2D eigenvalue weighted by atomic mass is 31.1. The topological polar surface area (TPSA) is 35.5 Å². The molecule has 0 saturated heterocycles. The monoisotopic (exact) mass is 166 g/mol. The second-order valence-corrected chi connectivity index (χ2v) is 4.50. The second kappa shape index (κ2) is 4.12. The number of hydrogen-bond donors (Lipinski definition) is 0. The van der Waals surface area contributed by atoms with Gasteiger partial charge in [0.15, 0.2) is 0 Å². The van der Waals surface area contributed by atoms with Crippen LogP contribution in [-0.4, -0.2) is 13.7 Å². The van der Waals surface area contributed by atoms with Crippen LogP contribution in [0.25, 0.3) is 0 Å². The fraction of sp³-hybridized carbons (Fsp3) is 1.00. The minimum Gasteiger partial charge on any atom is -0.314 e.